The van der Waals surface area contributed by atoms with Gasteiger partial charge in [0, 0.05) is 45.5 Å². The van der Waals surface area contributed by atoms with Crippen LogP contribution in [0.15, 0.2) is 48.5 Å². The Kier molecular flexibility index (Phi) is 13.9. The van der Waals surface area contributed by atoms with Gasteiger partial charge >= 0.3 is 0 Å². The van der Waals surface area contributed by atoms with E-state index in [-0.39, 0.29) is 42.3 Å². The van der Waals surface area contributed by atoms with E-state index in [0.29, 0.717) is 29.5 Å². The van der Waals surface area contributed by atoms with E-state index in [0.717, 1.165) is 13.1 Å². The molecule has 176 valence electrons. The molecule has 9 heteroatoms. The van der Waals surface area contributed by atoms with Gasteiger partial charge in [-0.05, 0) is 29.2 Å². The molecule has 1 aromatic rings. The Bertz CT molecular complexity index is 834. The lowest BCUT2D eigenvalue weighted by molar-refractivity contribution is 0.190. The molecule has 0 fully saturated rings. The van der Waals surface area contributed by atoms with Crippen LogP contribution in [0, 0.1) is 11.7 Å². The van der Waals surface area contributed by atoms with E-state index in [4.69, 9.17) is 0 Å². The standard InChI is InChI=1S/C22H35FN4O2S.HI/c1-7-11-27(12-8-2)21(17(3)4)15-26-22(24-5)25-14-19-13-20(23)10-9-18(19)16-30(6,28)29;/h7-10,13,17,21H,1-2,11-12,14-16H2,3-6H3,(H2,24,25,26);1H. The van der Waals surface area contributed by atoms with Gasteiger partial charge in [0.2, 0.25) is 0 Å². The van der Waals surface area contributed by atoms with E-state index in [1.165, 1.54) is 24.5 Å². The molecule has 0 radical (unpaired) electrons. The van der Waals surface area contributed by atoms with E-state index >= 15 is 0 Å². The predicted molar refractivity (Wildman–Crippen MR) is 139 cm³/mol. The first-order valence-electron chi connectivity index (χ1n) is 9.96. The third kappa shape index (κ3) is 11.1. The fourth-order valence-corrected chi connectivity index (χ4v) is 4.09. The van der Waals surface area contributed by atoms with Crippen molar-refractivity contribution < 1.29 is 12.8 Å². The highest BCUT2D eigenvalue weighted by molar-refractivity contribution is 14.0. The summed E-state index contributed by atoms with van der Waals surface area (Å²) < 4.78 is 37.1. The van der Waals surface area contributed by atoms with Gasteiger partial charge in [0.15, 0.2) is 15.8 Å². The number of halogens is 2. The molecule has 0 heterocycles. The molecule has 1 rings (SSSR count). The second-order valence-electron chi connectivity index (χ2n) is 7.63. The largest absolute Gasteiger partial charge is 0.355 e. The Labute approximate surface area is 204 Å². The van der Waals surface area contributed by atoms with E-state index in [2.05, 4.69) is 47.5 Å². The zero-order chi connectivity index (χ0) is 22.7. The molecule has 1 unspecified atom stereocenters. The maximum Gasteiger partial charge on any atom is 0.191 e. The summed E-state index contributed by atoms with van der Waals surface area (Å²) in [5, 5.41) is 6.47. The molecule has 0 amide bonds. The van der Waals surface area contributed by atoms with Gasteiger partial charge in [-0.3, -0.25) is 9.89 Å². The lowest BCUT2D eigenvalue weighted by Crippen LogP contribution is -2.49. The summed E-state index contributed by atoms with van der Waals surface area (Å²) in [7, 11) is -1.57. The molecule has 31 heavy (non-hydrogen) atoms. The van der Waals surface area contributed by atoms with Crippen LogP contribution >= 0.6 is 24.0 Å². The van der Waals surface area contributed by atoms with Crippen LogP contribution in [0.25, 0.3) is 0 Å². The molecule has 0 bridgehead atoms. The average molecular weight is 567 g/mol. The summed E-state index contributed by atoms with van der Waals surface area (Å²) >= 11 is 0. The Balaban J connectivity index is 0.00000900. The van der Waals surface area contributed by atoms with E-state index in [9.17, 15) is 12.8 Å². The van der Waals surface area contributed by atoms with E-state index in [1.54, 1.807) is 7.05 Å². The van der Waals surface area contributed by atoms with Gasteiger partial charge in [0.05, 0.1) is 5.75 Å². The molecule has 1 atom stereocenters. The smallest absolute Gasteiger partial charge is 0.191 e. The van der Waals surface area contributed by atoms with Crippen molar-refractivity contribution in [3.05, 3.63) is 60.5 Å². The van der Waals surface area contributed by atoms with Crippen LogP contribution in [-0.2, 0) is 22.1 Å². The minimum atomic E-state index is -3.23. The second kappa shape index (κ2) is 14.6. The molecule has 0 aliphatic rings. The summed E-state index contributed by atoms with van der Waals surface area (Å²) in [6, 6.07) is 4.38. The van der Waals surface area contributed by atoms with Crippen LogP contribution in [0.5, 0.6) is 0 Å². The van der Waals surface area contributed by atoms with Gasteiger partial charge in [-0.2, -0.15) is 0 Å². The lowest BCUT2D eigenvalue weighted by Gasteiger charge is -2.33. The molecular formula is C22H36FIN4O2S. The fourth-order valence-electron chi connectivity index (χ4n) is 3.25. The molecule has 0 aromatic heterocycles. The van der Waals surface area contributed by atoms with Crippen LogP contribution in [0.1, 0.15) is 25.0 Å². The van der Waals surface area contributed by atoms with Gasteiger partial charge in [-0.1, -0.05) is 32.1 Å². The summed E-state index contributed by atoms with van der Waals surface area (Å²) in [5.74, 6) is 0.410. The molecular weight excluding hydrogens is 530 g/mol. The van der Waals surface area contributed by atoms with E-state index in [1.807, 2.05) is 12.2 Å². The van der Waals surface area contributed by atoms with Crippen molar-refractivity contribution in [2.24, 2.45) is 10.9 Å². The number of nitrogens with zero attached hydrogens (tertiary/aromatic N) is 2. The molecule has 2 N–H and O–H groups in total. The van der Waals surface area contributed by atoms with Gasteiger partial charge in [-0.25, -0.2) is 12.8 Å². The molecule has 1 aromatic carbocycles. The maximum atomic E-state index is 13.7. The highest BCUT2D eigenvalue weighted by Gasteiger charge is 2.20. The van der Waals surface area contributed by atoms with Crippen LogP contribution in [0.3, 0.4) is 0 Å². The van der Waals surface area contributed by atoms with Gasteiger partial charge in [0.25, 0.3) is 0 Å². The highest BCUT2D eigenvalue weighted by atomic mass is 127. The summed E-state index contributed by atoms with van der Waals surface area (Å²) in [5.41, 5.74) is 1.16. The Hall–Kier alpha value is -1.46. The van der Waals surface area contributed by atoms with Crippen molar-refractivity contribution in [3.8, 4) is 0 Å². The minimum absolute atomic E-state index is 0. The minimum Gasteiger partial charge on any atom is -0.355 e. The fraction of sp³-hybridized carbons (Fsp3) is 0.500. The molecule has 6 nitrogen and oxygen atoms in total. The highest BCUT2D eigenvalue weighted by Crippen LogP contribution is 2.15. The number of guanidine groups is 1. The average Bonchev–Trinajstić information content (AvgIpc) is 2.65. The topological polar surface area (TPSA) is 73.8 Å². The molecule has 0 saturated carbocycles. The number of sulfone groups is 1. The van der Waals surface area contributed by atoms with Crippen molar-refractivity contribution in [1.82, 2.24) is 15.5 Å². The third-order valence-electron chi connectivity index (χ3n) is 4.70. The Morgan fingerprint density at radius 1 is 1.19 bits per heavy atom. The first kappa shape index (κ1) is 29.5. The van der Waals surface area contributed by atoms with Crippen molar-refractivity contribution >= 4 is 39.8 Å². The van der Waals surface area contributed by atoms with E-state index < -0.39 is 15.7 Å². The number of hydrogen-bond donors (Lipinski definition) is 2. The normalized spacial score (nSPS) is 12.9. The number of aliphatic imine (C=N–C) groups is 1. The number of nitrogens with one attached hydrogen (secondary N) is 2. The number of hydrogen-bond acceptors (Lipinski definition) is 4. The third-order valence-corrected chi connectivity index (χ3v) is 5.54. The number of benzene rings is 1. The summed E-state index contributed by atoms with van der Waals surface area (Å²) in [4.78, 5) is 6.52. The van der Waals surface area contributed by atoms with Crippen molar-refractivity contribution in [2.45, 2.75) is 32.2 Å². The van der Waals surface area contributed by atoms with Crippen molar-refractivity contribution in [1.29, 1.82) is 0 Å². The Morgan fingerprint density at radius 2 is 1.81 bits per heavy atom. The van der Waals surface area contributed by atoms with Crippen LogP contribution < -0.4 is 10.6 Å². The maximum absolute atomic E-state index is 13.7. The monoisotopic (exact) mass is 566 g/mol. The molecule has 0 spiro atoms. The molecule has 0 saturated heterocycles. The van der Waals surface area contributed by atoms with Crippen LogP contribution in [0.2, 0.25) is 0 Å². The van der Waals surface area contributed by atoms with Crippen LogP contribution in [0.4, 0.5) is 4.39 Å². The van der Waals surface area contributed by atoms with Gasteiger partial charge < -0.3 is 10.6 Å². The molecule has 0 aliphatic heterocycles. The van der Waals surface area contributed by atoms with Gasteiger partial charge in [0.1, 0.15) is 5.82 Å². The zero-order valence-electron chi connectivity index (χ0n) is 18.9. The Morgan fingerprint density at radius 3 is 2.29 bits per heavy atom. The van der Waals surface area contributed by atoms with Crippen LogP contribution in [-0.4, -0.2) is 58.3 Å². The lowest BCUT2D eigenvalue weighted by atomic mass is 10.0. The molecule has 0 aliphatic carbocycles. The number of rotatable bonds is 12. The second-order valence-corrected chi connectivity index (χ2v) is 9.77. The summed E-state index contributed by atoms with van der Waals surface area (Å²) in [6.45, 7) is 14.4. The van der Waals surface area contributed by atoms with Crippen molar-refractivity contribution in [3.63, 3.8) is 0 Å². The summed E-state index contributed by atoms with van der Waals surface area (Å²) in [6.07, 6.45) is 4.91. The van der Waals surface area contributed by atoms with Crippen molar-refractivity contribution in [2.75, 3.05) is 32.9 Å². The quantitative estimate of drug-likeness (QED) is 0.176. The predicted octanol–water partition coefficient (Wildman–Crippen LogP) is 3.35. The zero-order valence-corrected chi connectivity index (χ0v) is 22.0. The van der Waals surface area contributed by atoms with Gasteiger partial charge in [-0.15, -0.1) is 37.1 Å². The SMILES string of the molecule is C=CCN(CC=C)C(CNC(=NC)NCc1cc(F)ccc1CS(C)(=O)=O)C(C)C.I. The first-order chi connectivity index (χ1) is 14.1. The first-order valence-corrected chi connectivity index (χ1v) is 12.0.